The van der Waals surface area contributed by atoms with Gasteiger partial charge < -0.3 is 84.7 Å². The third-order valence-electron chi connectivity index (χ3n) is 25.6. The molecule has 21 rings (SSSR count). The number of piperazine rings is 2. The molecule has 0 unspecified atom stereocenters. The van der Waals surface area contributed by atoms with Gasteiger partial charge in [0.25, 0.3) is 0 Å². The minimum Gasteiger partial charge on any atom is -0.491 e. The van der Waals surface area contributed by atoms with Crippen molar-refractivity contribution in [3.8, 4) is 5.75 Å². The van der Waals surface area contributed by atoms with Gasteiger partial charge in [-0.15, -0.1) is 0 Å². The third kappa shape index (κ3) is 24.3. The summed E-state index contributed by atoms with van der Waals surface area (Å²) in [5.74, 6) is 15.7. The van der Waals surface area contributed by atoms with Gasteiger partial charge >= 0.3 is 0 Å². The average Bonchev–Trinajstić information content (AvgIpc) is 1.44. The van der Waals surface area contributed by atoms with E-state index in [1.54, 1.807) is 34.6 Å². The molecule has 6 aliphatic heterocycles. The van der Waals surface area contributed by atoms with Crippen molar-refractivity contribution in [1.82, 2.24) is 116 Å². The maximum atomic E-state index is 5.38. The van der Waals surface area contributed by atoms with E-state index in [1.807, 2.05) is 24.8 Å². The molecule has 6 saturated heterocycles. The van der Waals surface area contributed by atoms with Crippen LogP contribution in [0.4, 0.5) is 87.9 Å². The van der Waals surface area contributed by atoms with Crippen LogP contribution in [0.1, 0.15) is 234 Å². The molecule has 11 aliphatic rings. The van der Waals surface area contributed by atoms with Crippen molar-refractivity contribution in [1.29, 1.82) is 0 Å². The monoisotopic (exact) mass is 1750 g/mol. The Morgan fingerprint density at radius 2 is 0.598 bits per heavy atom. The second kappa shape index (κ2) is 42.7. The number of aromatic amines is 5. The van der Waals surface area contributed by atoms with Gasteiger partial charge in [-0.05, 0) is 162 Å². The number of aryl methyl sites for hydroxylation is 1. The van der Waals surface area contributed by atoms with E-state index < -0.39 is 0 Å². The molecule has 37 nitrogen and oxygen atoms in total. The molecule has 0 amide bonds. The van der Waals surface area contributed by atoms with Crippen LogP contribution >= 0.6 is 0 Å². The number of aromatic nitrogens is 20. The van der Waals surface area contributed by atoms with Gasteiger partial charge in [0, 0.05) is 260 Å². The van der Waals surface area contributed by atoms with Crippen LogP contribution in [0.25, 0.3) is 0 Å². The summed E-state index contributed by atoms with van der Waals surface area (Å²) in [6.07, 6.45) is 37.7. The normalized spacial score (nSPS) is 19.0. The lowest BCUT2D eigenvalue weighted by Gasteiger charge is -2.40. The number of hydrogen-bond acceptors (Lipinski definition) is 32. The van der Waals surface area contributed by atoms with E-state index in [2.05, 4.69) is 198 Å². The third-order valence-corrected chi connectivity index (χ3v) is 25.6. The Balaban J connectivity index is 0.000000139. The number of nitrogens with one attached hydrogen (secondary N) is 10. The van der Waals surface area contributed by atoms with E-state index >= 15 is 0 Å². The fraction of sp³-hybridized carbons (Fsp3) is 0.611. The van der Waals surface area contributed by atoms with Gasteiger partial charge in [-0.3, -0.25) is 25.5 Å². The molecule has 5 aliphatic carbocycles. The van der Waals surface area contributed by atoms with Crippen molar-refractivity contribution < 1.29 is 24.7 Å². The number of rotatable bonds is 30. The molecule has 0 bridgehead atoms. The zero-order chi connectivity index (χ0) is 86.8. The van der Waals surface area contributed by atoms with Crippen LogP contribution in [0, 0.1) is 0 Å². The van der Waals surface area contributed by atoms with Crippen molar-refractivity contribution in [2.75, 3.05) is 198 Å². The summed E-state index contributed by atoms with van der Waals surface area (Å²) in [6.45, 7) is 20.2. The van der Waals surface area contributed by atoms with Crippen LogP contribution in [0.5, 0.6) is 5.75 Å². The Kier molecular flexibility index (Phi) is 29.6. The van der Waals surface area contributed by atoms with Crippen LogP contribution in [-0.2, 0) is 40.5 Å². The summed E-state index contributed by atoms with van der Waals surface area (Å²) < 4.78 is 21.3. The first-order valence-corrected chi connectivity index (χ1v) is 46.7. The number of methoxy groups -OCH3 is 4. The topological polar surface area (TPSA) is 395 Å². The maximum absolute atomic E-state index is 5.38. The minimum atomic E-state index is 0. The second-order valence-electron chi connectivity index (χ2n) is 35.8. The zero-order valence-corrected chi connectivity index (χ0v) is 75.4. The molecule has 0 aromatic carbocycles. The molecule has 0 spiro atoms. The highest BCUT2D eigenvalue weighted by molar-refractivity contribution is 5.64. The van der Waals surface area contributed by atoms with E-state index in [0.29, 0.717) is 61.0 Å². The molecule has 37 heteroatoms. The Morgan fingerprint density at radius 3 is 0.906 bits per heavy atom. The smallest absolute Gasteiger partial charge is 0.227 e. The van der Waals surface area contributed by atoms with Crippen molar-refractivity contribution in [3.05, 3.63) is 112 Å². The molecule has 0 atom stereocenters. The highest BCUT2D eigenvalue weighted by Gasteiger charge is 2.33. The van der Waals surface area contributed by atoms with Crippen molar-refractivity contribution in [2.45, 2.75) is 210 Å². The fourth-order valence-corrected chi connectivity index (χ4v) is 17.2. The molecule has 0 radical (unpaired) electrons. The van der Waals surface area contributed by atoms with Crippen LogP contribution in [-0.4, -0.2) is 269 Å². The lowest BCUT2D eigenvalue weighted by atomic mass is 10.0. The standard InChI is InChI=1S/C22H33N7O.C18H27N7.C17H25N7O.C17H24N6O.C16H22N6O.4H2/c1-30-15-17-14-23-22(25-21(17)24-20-13-19(26-27-20)16-5-6-16)29-11-7-18(8-12-29)28-9-3-2-4-10-28;1-3-4-14-12-19-18(25-9-7-24(2)8-10-25)21-17(14)20-16-11-15(22-23-16)13-5-6-13;1-23-5-7-24(8-6-23)17-18-10-13(11-25-2)16(20-17)19-15-9-14(21-22-15)12-3-4-12;1-24-11-13-10-18-17(23-7-3-2-4-8-23)20-16(13)19-15-9-14(21-22-15)12-5-6-12;1-23-13-10-17-16(22-7-3-2-4-8-22)19-15(13)18-14-9-12(20-21-14)11-5-6-11;;;;/h13-14,16,18H,2-12,15H2,1H3,(H2,23,24,25,26,27);11-13H,3-10H2,1-2H3,(H2,19,20,21,22,23);9-10,12H,3-8,11H2,1-2H3,(H2,18,19,20,21,22);9-10,12H,2-8,11H2,1H3,(H2,18,19,20,21,22);9-11H,2-8H2,1H3,(H2,17,18,19,20,21);4*1H. The predicted molar refractivity (Wildman–Crippen MR) is 503 cm³/mol. The van der Waals surface area contributed by atoms with Crippen LogP contribution in [0.3, 0.4) is 0 Å². The number of anilines is 15. The summed E-state index contributed by atoms with van der Waals surface area (Å²) in [7, 11) is 11.0. The molecular formula is C90H139N33O4. The van der Waals surface area contributed by atoms with Gasteiger partial charge in [0.05, 0.1) is 33.1 Å². The number of likely N-dealkylation sites (N-methyl/N-ethyl adjacent to an activating group) is 2. The Bertz CT molecular complexity index is 4990. The molecule has 11 fully saturated rings. The lowest BCUT2D eigenvalue weighted by molar-refractivity contribution is 0.141. The zero-order valence-electron chi connectivity index (χ0n) is 75.4. The largest absolute Gasteiger partial charge is 0.491 e. The second-order valence-corrected chi connectivity index (χ2v) is 35.8. The Hall–Kier alpha value is -11.0. The highest BCUT2D eigenvalue weighted by Crippen LogP contribution is 2.44. The van der Waals surface area contributed by atoms with Crippen LogP contribution in [0.2, 0.25) is 0 Å². The lowest BCUT2D eigenvalue weighted by Crippen LogP contribution is -2.47. The molecule has 10 aromatic rings. The van der Waals surface area contributed by atoms with Gasteiger partial charge in [-0.25, -0.2) is 24.9 Å². The Morgan fingerprint density at radius 1 is 0.323 bits per heavy atom. The SMILES string of the molecule is CCCc1cnc(N2CCN(C)CC2)nc1Nc1cc(C2CC2)[nH]n1.COCc1cnc(N2CCC(N3CCCCC3)CC2)nc1Nc1cc(C2CC2)[nH]n1.COCc1cnc(N2CCCCC2)nc1Nc1cc(C2CC2)[nH]n1.COCc1cnc(N2CCN(C)CC2)nc1Nc1cc(C2CC2)[nH]n1.COc1cnc(N2CCCCC2)nc1Nc1cc(C2CC2)[nH]n1.[HH].[HH].[HH].[HH]. The van der Waals surface area contributed by atoms with Crippen LogP contribution < -0.4 is 55.8 Å². The maximum Gasteiger partial charge on any atom is 0.227 e. The number of piperidine rings is 4. The molecular weight excluding hydrogens is 1610 g/mol. The quantitative estimate of drug-likeness (QED) is 0.0200. The average molecular weight is 1750 g/mol. The van der Waals surface area contributed by atoms with E-state index in [9.17, 15) is 0 Å². The van der Waals surface area contributed by atoms with E-state index in [0.717, 1.165) is 215 Å². The van der Waals surface area contributed by atoms with Gasteiger partial charge in [-0.1, -0.05) is 19.8 Å². The number of ether oxygens (including phenoxy) is 4. The number of H-pyrrole nitrogens is 5. The number of nitrogens with zero attached hydrogens (tertiary/aromatic N) is 23. The summed E-state index contributed by atoms with van der Waals surface area (Å²) in [4.78, 5) is 65.3. The molecule has 688 valence electrons. The molecule has 10 aromatic heterocycles. The molecule has 5 saturated carbocycles. The van der Waals surface area contributed by atoms with E-state index in [4.69, 9.17) is 38.9 Å². The Labute approximate surface area is 750 Å². The summed E-state index contributed by atoms with van der Waals surface area (Å²) in [6, 6.07) is 11.1. The van der Waals surface area contributed by atoms with Crippen molar-refractivity contribution >= 4 is 87.9 Å². The van der Waals surface area contributed by atoms with Gasteiger partial charge in [0.15, 0.2) is 40.7 Å². The van der Waals surface area contributed by atoms with Crippen LogP contribution in [0.15, 0.2) is 61.3 Å². The summed E-state index contributed by atoms with van der Waals surface area (Å²) in [5, 5.41) is 54.3. The first-order chi connectivity index (χ1) is 62.4. The first kappa shape index (κ1) is 88.1. The number of likely N-dealkylation sites (tertiary alicyclic amines) is 1. The van der Waals surface area contributed by atoms with Gasteiger partial charge in [0.1, 0.15) is 23.3 Å². The fourth-order valence-electron chi connectivity index (χ4n) is 17.2. The van der Waals surface area contributed by atoms with Crippen molar-refractivity contribution in [2.24, 2.45) is 0 Å². The first-order valence-electron chi connectivity index (χ1n) is 46.7. The minimum absolute atomic E-state index is 0. The predicted octanol–water partition coefficient (Wildman–Crippen LogP) is 14.4. The van der Waals surface area contributed by atoms with E-state index in [-0.39, 0.29) is 5.71 Å². The molecule has 16 heterocycles. The van der Waals surface area contributed by atoms with Gasteiger partial charge in [0.2, 0.25) is 29.7 Å². The van der Waals surface area contributed by atoms with Gasteiger partial charge in [-0.2, -0.15) is 50.4 Å². The molecule has 10 N–H and O–H groups in total. The van der Waals surface area contributed by atoms with Crippen molar-refractivity contribution in [3.63, 3.8) is 0 Å². The highest BCUT2D eigenvalue weighted by atomic mass is 16.5. The van der Waals surface area contributed by atoms with E-state index in [1.165, 1.54) is 176 Å². The summed E-state index contributed by atoms with van der Waals surface area (Å²) in [5.41, 5.74) is 9.99. The summed E-state index contributed by atoms with van der Waals surface area (Å²) >= 11 is 0. The molecule has 127 heavy (non-hydrogen) atoms. The number of hydrogen-bond donors (Lipinski definition) is 10.